The molecule has 0 spiro atoms. The Morgan fingerprint density at radius 1 is 1.31 bits per heavy atom. The Morgan fingerprint density at radius 2 is 2.06 bits per heavy atom. The number of carbonyl (C=O) groups excluding carboxylic acids is 1. The molecular weight excluding hydrogens is 208 g/mol. The van der Waals surface area contributed by atoms with Gasteiger partial charge in [0.1, 0.15) is 6.29 Å². The molecule has 0 fully saturated rings. The Morgan fingerprint density at radius 3 is 2.62 bits per heavy atom. The smallest absolute Gasteiger partial charge is 0.307 e. The van der Waals surface area contributed by atoms with Crippen LogP contribution in [0.25, 0.3) is 0 Å². The average Bonchev–Trinajstić information content (AvgIpc) is 2.25. The van der Waals surface area contributed by atoms with Gasteiger partial charge in [-0.15, -0.1) is 0 Å². The van der Waals surface area contributed by atoms with Crippen LogP contribution in [-0.4, -0.2) is 22.5 Å². The highest BCUT2D eigenvalue weighted by atomic mass is 16.4. The number of hydrogen-bond donors (Lipinski definition) is 2. The van der Waals surface area contributed by atoms with Gasteiger partial charge in [-0.25, -0.2) is 0 Å². The van der Waals surface area contributed by atoms with E-state index in [9.17, 15) is 9.59 Å². The summed E-state index contributed by atoms with van der Waals surface area (Å²) in [6, 6.07) is 5.13. The Bertz CT molecular complexity index is 385. The zero-order valence-electron chi connectivity index (χ0n) is 8.85. The number of carboxylic acid groups (broad SMARTS) is 1. The van der Waals surface area contributed by atoms with Crippen molar-refractivity contribution in [1.29, 1.82) is 0 Å². The lowest BCUT2D eigenvalue weighted by Gasteiger charge is -2.08. The van der Waals surface area contributed by atoms with E-state index in [1.807, 2.05) is 0 Å². The third-order valence-corrected chi connectivity index (χ3v) is 2.33. The predicted octanol–water partition coefficient (Wildman–Crippen LogP) is 0.938. The number of hydrogen-bond acceptors (Lipinski definition) is 3. The molecule has 0 saturated carbocycles. The van der Waals surface area contributed by atoms with Crippen molar-refractivity contribution in [2.45, 2.75) is 25.9 Å². The van der Waals surface area contributed by atoms with E-state index in [1.165, 1.54) is 0 Å². The molecule has 4 nitrogen and oxygen atoms in total. The van der Waals surface area contributed by atoms with Crippen LogP contribution in [0.15, 0.2) is 18.2 Å². The van der Waals surface area contributed by atoms with E-state index >= 15 is 0 Å². The third-order valence-electron chi connectivity index (χ3n) is 2.33. The maximum Gasteiger partial charge on any atom is 0.307 e. The Balaban J connectivity index is 2.91. The first-order valence-corrected chi connectivity index (χ1v) is 5.04. The highest BCUT2D eigenvalue weighted by Gasteiger charge is 2.06. The van der Waals surface area contributed by atoms with Crippen molar-refractivity contribution in [2.75, 3.05) is 0 Å². The van der Waals surface area contributed by atoms with E-state index in [-0.39, 0.29) is 13.0 Å². The fraction of sp³-hybridized carbons (Fsp3) is 0.333. The van der Waals surface area contributed by atoms with Crippen molar-refractivity contribution in [3.8, 4) is 0 Å². The van der Waals surface area contributed by atoms with E-state index in [1.54, 1.807) is 18.2 Å². The van der Waals surface area contributed by atoms with Gasteiger partial charge in [-0.2, -0.15) is 0 Å². The number of aliphatic hydroxyl groups excluding tert-OH is 1. The molecule has 2 N–H and O–H groups in total. The highest BCUT2D eigenvalue weighted by molar-refractivity contribution is 5.70. The summed E-state index contributed by atoms with van der Waals surface area (Å²) in [5, 5.41) is 17.7. The van der Waals surface area contributed by atoms with Gasteiger partial charge >= 0.3 is 5.97 Å². The van der Waals surface area contributed by atoms with Crippen molar-refractivity contribution in [3.63, 3.8) is 0 Å². The van der Waals surface area contributed by atoms with E-state index in [0.717, 1.165) is 17.4 Å². The second-order valence-electron chi connectivity index (χ2n) is 3.54. The standard InChI is InChI=1S/C12H14O4/c13-5-1-2-10-6-9(7-12(15)16)3-4-11(10)8-14/h3-6,14H,1-2,7-8H2,(H,15,16). The summed E-state index contributed by atoms with van der Waals surface area (Å²) in [6.45, 7) is -0.0957. The fourth-order valence-electron chi connectivity index (χ4n) is 1.57. The number of benzene rings is 1. The molecule has 0 bridgehead atoms. The Hall–Kier alpha value is -1.68. The molecule has 0 aliphatic rings. The quantitative estimate of drug-likeness (QED) is 0.702. The number of aldehydes is 1. The third kappa shape index (κ3) is 3.47. The second kappa shape index (κ2) is 6.02. The van der Waals surface area contributed by atoms with Gasteiger partial charge in [0.2, 0.25) is 0 Å². The topological polar surface area (TPSA) is 74.6 Å². The summed E-state index contributed by atoms with van der Waals surface area (Å²) in [7, 11) is 0. The van der Waals surface area contributed by atoms with Gasteiger partial charge in [-0.05, 0) is 23.1 Å². The monoisotopic (exact) mass is 222 g/mol. The zero-order chi connectivity index (χ0) is 12.0. The number of carboxylic acids is 1. The van der Waals surface area contributed by atoms with Crippen LogP contribution < -0.4 is 0 Å². The van der Waals surface area contributed by atoms with Crippen molar-refractivity contribution >= 4 is 12.3 Å². The summed E-state index contributed by atoms with van der Waals surface area (Å²) < 4.78 is 0. The first-order chi connectivity index (χ1) is 7.67. The van der Waals surface area contributed by atoms with Crippen molar-refractivity contribution in [3.05, 3.63) is 34.9 Å². The summed E-state index contributed by atoms with van der Waals surface area (Å²) >= 11 is 0. The molecule has 1 aromatic rings. The van der Waals surface area contributed by atoms with Crippen LogP contribution in [0.2, 0.25) is 0 Å². The van der Waals surface area contributed by atoms with Gasteiger partial charge in [0.15, 0.2) is 0 Å². The van der Waals surface area contributed by atoms with Gasteiger partial charge in [-0.3, -0.25) is 4.79 Å². The predicted molar refractivity (Wildman–Crippen MR) is 58.1 cm³/mol. The van der Waals surface area contributed by atoms with Crippen LogP contribution in [0.5, 0.6) is 0 Å². The molecule has 0 aromatic heterocycles. The van der Waals surface area contributed by atoms with Crippen LogP contribution in [0.3, 0.4) is 0 Å². The molecule has 0 aliphatic carbocycles. The lowest BCUT2D eigenvalue weighted by molar-refractivity contribution is -0.136. The largest absolute Gasteiger partial charge is 0.481 e. The van der Waals surface area contributed by atoms with Gasteiger partial charge in [0, 0.05) is 6.42 Å². The maximum atomic E-state index is 10.5. The molecule has 86 valence electrons. The number of carbonyl (C=O) groups is 2. The minimum absolute atomic E-state index is 0.0419. The van der Waals surface area contributed by atoms with Crippen LogP contribution >= 0.6 is 0 Å². The molecule has 0 unspecified atom stereocenters. The molecule has 0 heterocycles. The lowest BCUT2D eigenvalue weighted by Crippen LogP contribution is -2.03. The molecule has 16 heavy (non-hydrogen) atoms. The molecule has 0 aliphatic heterocycles. The van der Waals surface area contributed by atoms with Gasteiger partial charge in [-0.1, -0.05) is 18.2 Å². The molecule has 0 radical (unpaired) electrons. The number of rotatable bonds is 6. The molecule has 4 heteroatoms. The average molecular weight is 222 g/mol. The Labute approximate surface area is 93.5 Å². The summed E-state index contributed by atoms with van der Waals surface area (Å²) in [4.78, 5) is 20.8. The van der Waals surface area contributed by atoms with E-state index < -0.39 is 5.97 Å². The van der Waals surface area contributed by atoms with Gasteiger partial charge in [0.25, 0.3) is 0 Å². The van der Waals surface area contributed by atoms with Gasteiger partial charge in [0.05, 0.1) is 13.0 Å². The highest BCUT2D eigenvalue weighted by Crippen LogP contribution is 2.14. The maximum absolute atomic E-state index is 10.5. The fourth-order valence-corrected chi connectivity index (χ4v) is 1.57. The molecule has 0 amide bonds. The first-order valence-electron chi connectivity index (χ1n) is 5.04. The van der Waals surface area contributed by atoms with E-state index in [2.05, 4.69) is 0 Å². The van der Waals surface area contributed by atoms with Crippen LogP contribution in [0, 0.1) is 0 Å². The molecule has 0 atom stereocenters. The molecule has 1 rings (SSSR count). The summed E-state index contributed by atoms with van der Waals surface area (Å²) in [6.07, 6.45) is 1.68. The lowest BCUT2D eigenvalue weighted by atomic mass is 9.99. The SMILES string of the molecule is O=CCCc1cc(CC(=O)O)ccc1CO. The van der Waals surface area contributed by atoms with E-state index in [4.69, 9.17) is 10.2 Å². The van der Waals surface area contributed by atoms with Crippen LogP contribution in [-0.2, 0) is 29.0 Å². The minimum atomic E-state index is -0.891. The number of aliphatic hydroxyl groups is 1. The van der Waals surface area contributed by atoms with Crippen molar-refractivity contribution in [2.24, 2.45) is 0 Å². The normalized spacial score (nSPS) is 10.1. The number of aryl methyl sites for hydroxylation is 1. The molecule has 0 saturated heterocycles. The molecular formula is C12H14O4. The van der Waals surface area contributed by atoms with Crippen molar-refractivity contribution < 1.29 is 19.8 Å². The van der Waals surface area contributed by atoms with Crippen LogP contribution in [0.4, 0.5) is 0 Å². The van der Waals surface area contributed by atoms with Crippen molar-refractivity contribution in [1.82, 2.24) is 0 Å². The molecule has 1 aromatic carbocycles. The van der Waals surface area contributed by atoms with Gasteiger partial charge < -0.3 is 15.0 Å². The zero-order valence-corrected chi connectivity index (χ0v) is 8.85. The second-order valence-corrected chi connectivity index (χ2v) is 3.54. The number of aliphatic carboxylic acids is 1. The summed E-state index contributed by atoms with van der Waals surface area (Å²) in [5.41, 5.74) is 2.27. The first kappa shape index (κ1) is 12.4. The van der Waals surface area contributed by atoms with E-state index in [0.29, 0.717) is 18.4 Å². The van der Waals surface area contributed by atoms with Crippen LogP contribution in [0.1, 0.15) is 23.1 Å². The Kier molecular flexibility index (Phi) is 4.66. The summed E-state index contributed by atoms with van der Waals surface area (Å²) in [5.74, 6) is -0.891. The minimum Gasteiger partial charge on any atom is -0.481 e.